The summed E-state index contributed by atoms with van der Waals surface area (Å²) in [6.07, 6.45) is 3.61. The van der Waals surface area contributed by atoms with Crippen LogP contribution in [0.25, 0.3) is 11.0 Å². The lowest BCUT2D eigenvalue weighted by atomic mass is 10.1. The van der Waals surface area contributed by atoms with Gasteiger partial charge in [0.05, 0.1) is 13.7 Å². The first-order valence-electron chi connectivity index (χ1n) is 6.96. The van der Waals surface area contributed by atoms with Crippen molar-refractivity contribution >= 4 is 11.0 Å². The number of rotatable bonds is 5. The molecule has 1 N–H and O–H groups in total. The Hall–Kier alpha value is -2.33. The monoisotopic (exact) mass is 282 g/mol. The van der Waals surface area contributed by atoms with E-state index in [2.05, 4.69) is 17.2 Å². The molecule has 0 aliphatic heterocycles. The highest BCUT2D eigenvalue weighted by molar-refractivity contribution is 5.83. The van der Waals surface area contributed by atoms with Crippen LogP contribution in [0.15, 0.2) is 53.2 Å². The highest BCUT2D eigenvalue weighted by Crippen LogP contribution is 2.28. The first-order valence-corrected chi connectivity index (χ1v) is 6.96. The summed E-state index contributed by atoms with van der Waals surface area (Å²) in [5.74, 6) is 1.66. The second-order valence-corrected chi connectivity index (χ2v) is 4.97. The summed E-state index contributed by atoms with van der Waals surface area (Å²) >= 11 is 0. The van der Waals surface area contributed by atoms with E-state index in [1.54, 1.807) is 19.5 Å². The smallest absolute Gasteiger partial charge is 0.176 e. The molecule has 0 fully saturated rings. The number of hydrogen-bond acceptors (Lipinski definition) is 4. The predicted octanol–water partition coefficient (Wildman–Crippen LogP) is 3.69. The zero-order valence-electron chi connectivity index (χ0n) is 12.2. The van der Waals surface area contributed by atoms with Gasteiger partial charge < -0.3 is 14.5 Å². The number of hydrogen-bond donors (Lipinski definition) is 1. The molecule has 0 spiro atoms. The van der Waals surface area contributed by atoms with Gasteiger partial charge in [-0.25, -0.2) is 0 Å². The van der Waals surface area contributed by atoms with Gasteiger partial charge in [0.2, 0.25) is 0 Å². The topological polar surface area (TPSA) is 47.3 Å². The van der Waals surface area contributed by atoms with E-state index >= 15 is 0 Å². The van der Waals surface area contributed by atoms with Crippen LogP contribution in [0.1, 0.15) is 24.3 Å². The summed E-state index contributed by atoms with van der Waals surface area (Å²) < 4.78 is 11.2. The molecule has 4 heteroatoms. The van der Waals surface area contributed by atoms with Gasteiger partial charge in [0.15, 0.2) is 11.3 Å². The molecule has 0 saturated carbocycles. The summed E-state index contributed by atoms with van der Waals surface area (Å²) in [7, 11) is 1.65. The lowest BCUT2D eigenvalue weighted by Crippen LogP contribution is -2.17. The van der Waals surface area contributed by atoms with Gasteiger partial charge >= 0.3 is 0 Å². The van der Waals surface area contributed by atoms with Crippen molar-refractivity contribution in [1.82, 2.24) is 10.3 Å². The fourth-order valence-corrected chi connectivity index (χ4v) is 2.36. The van der Waals surface area contributed by atoms with Gasteiger partial charge in [0.1, 0.15) is 5.76 Å². The molecule has 3 aromatic rings. The van der Waals surface area contributed by atoms with Crippen LogP contribution in [0.3, 0.4) is 0 Å². The summed E-state index contributed by atoms with van der Waals surface area (Å²) in [5, 5.41) is 4.51. The molecule has 108 valence electrons. The van der Waals surface area contributed by atoms with Crippen molar-refractivity contribution in [1.29, 1.82) is 0 Å². The maximum absolute atomic E-state index is 5.88. The van der Waals surface area contributed by atoms with E-state index in [9.17, 15) is 0 Å². The molecule has 1 aromatic carbocycles. The lowest BCUT2D eigenvalue weighted by molar-refractivity contribution is 0.405. The van der Waals surface area contributed by atoms with Crippen molar-refractivity contribution in [3.05, 3.63) is 60.1 Å². The molecule has 0 amide bonds. The number of nitrogens with zero attached hydrogens (tertiary/aromatic N) is 1. The molecule has 1 atom stereocenters. The van der Waals surface area contributed by atoms with Crippen LogP contribution >= 0.6 is 0 Å². The van der Waals surface area contributed by atoms with Crippen LogP contribution in [0.5, 0.6) is 5.75 Å². The molecule has 0 bridgehead atoms. The number of methoxy groups -OCH3 is 1. The van der Waals surface area contributed by atoms with Crippen LogP contribution < -0.4 is 10.1 Å². The molecule has 3 rings (SSSR count). The average molecular weight is 282 g/mol. The Kier molecular flexibility index (Phi) is 3.88. The average Bonchev–Trinajstić information content (AvgIpc) is 2.96. The number of pyridine rings is 1. The summed E-state index contributed by atoms with van der Waals surface area (Å²) in [6.45, 7) is 2.79. The van der Waals surface area contributed by atoms with E-state index in [4.69, 9.17) is 9.15 Å². The van der Waals surface area contributed by atoms with Crippen molar-refractivity contribution in [2.24, 2.45) is 0 Å². The first kappa shape index (κ1) is 13.6. The second-order valence-electron chi connectivity index (χ2n) is 4.97. The third kappa shape index (κ3) is 2.90. The molecule has 0 aliphatic rings. The molecular formula is C17H18N2O2. The first-order chi connectivity index (χ1) is 10.3. The standard InChI is InChI=1S/C17H18N2O2/c1-12(13-6-8-18-9-7-13)19-11-15-10-14-4-3-5-16(20-2)17(14)21-15/h3-10,12,19H,11H2,1-2H3. The number of ether oxygens (including phenoxy) is 1. The summed E-state index contributed by atoms with van der Waals surface area (Å²) in [6, 6.07) is 12.2. The van der Waals surface area contributed by atoms with Gasteiger partial charge in [-0.1, -0.05) is 12.1 Å². The predicted molar refractivity (Wildman–Crippen MR) is 82.3 cm³/mol. The van der Waals surface area contributed by atoms with Crippen molar-refractivity contribution in [2.45, 2.75) is 19.5 Å². The van der Waals surface area contributed by atoms with E-state index < -0.39 is 0 Å². The van der Waals surface area contributed by atoms with Gasteiger partial charge in [-0.2, -0.15) is 0 Å². The van der Waals surface area contributed by atoms with Gasteiger partial charge in [-0.3, -0.25) is 4.98 Å². The third-order valence-corrected chi connectivity index (χ3v) is 3.57. The second kappa shape index (κ2) is 5.97. The van der Waals surface area contributed by atoms with Crippen LogP contribution in [0.4, 0.5) is 0 Å². The van der Waals surface area contributed by atoms with Gasteiger partial charge in [0.25, 0.3) is 0 Å². The maximum atomic E-state index is 5.88. The maximum Gasteiger partial charge on any atom is 0.176 e. The molecule has 2 aromatic heterocycles. The van der Waals surface area contributed by atoms with Crippen LogP contribution in [0.2, 0.25) is 0 Å². The van der Waals surface area contributed by atoms with Crippen LogP contribution in [-0.2, 0) is 6.54 Å². The number of nitrogens with one attached hydrogen (secondary N) is 1. The molecule has 0 saturated heterocycles. The fourth-order valence-electron chi connectivity index (χ4n) is 2.36. The van der Waals surface area contributed by atoms with Crippen molar-refractivity contribution in [2.75, 3.05) is 7.11 Å². The Balaban J connectivity index is 1.74. The number of para-hydroxylation sites is 1. The van der Waals surface area contributed by atoms with E-state index in [0.29, 0.717) is 6.54 Å². The number of aromatic nitrogens is 1. The minimum absolute atomic E-state index is 0.239. The molecule has 2 heterocycles. The molecule has 0 radical (unpaired) electrons. The Morgan fingerprint density at radius 3 is 2.81 bits per heavy atom. The summed E-state index contributed by atoms with van der Waals surface area (Å²) in [4.78, 5) is 4.03. The van der Waals surface area contributed by atoms with Crippen molar-refractivity contribution in [3.63, 3.8) is 0 Å². The molecule has 1 unspecified atom stereocenters. The Labute approximate surface area is 123 Å². The zero-order chi connectivity index (χ0) is 14.7. The van der Waals surface area contributed by atoms with Gasteiger partial charge in [-0.05, 0) is 36.8 Å². The van der Waals surface area contributed by atoms with Crippen molar-refractivity contribution in [3.8, 4) is 5.75 Å². The summed E-state index contributed by atoms with van der Waals surface area (Å²) in [5.41, 5.74) is 2.01. The molecule has 21 heavy (non-hydrogen) atoms. The SMILES string of the molecule is COc1cccc2cc(CNC(C)c3ccncc3)oc12. The minimum Gasteiger partial charge on any atom is -0.493 e. The minimum atomic E-state index is 0.239. The lowest BCUT2D eigenvalue weighted by Gasteiger charge is -2.12. The van der Waals surface area contributed by atoms with E-state index in [1.807, 2.05) is 36.4 Å². The Morgan fingerprint density at radius 1 is 1.24 bits per heavy atom. The quantitative estimate of drug-likeness (QED) is 0.775. The fraction of sp³-hybridized carbons (Fsp3) is 0.235. The van der Waals surface area contributed by atoms with Crippen LogP contribution in [-0.4, -0.2) is 12.1 Å². The normalized spacial score (nSPS) is 12.5. The Bertz CT molecular complexity index is 722. The Morgan fingerprint density at radius 2 is 2.05 bits per heavy atom. The van der Waals surface area contributed by atoms with E-state index in [1.165, 1.54) is 5.56 Å². The highest BCUT2D eigenvalue weighted by Gasteiger charge is 2.10. The van der Waals surface area contributed by atoms with Crippen LogP contribution in [0, 0.1) is 0 Å². The third-order valence-electron chi connectivity index (χ3n) is 3.57. The molecular weight excluding hydrogens is 264 g/mol. The largest absolute Gasteiger partial charge is 0.493 e. The number of benzene rings is 1. The van der Waals surface area contributed by atoms with Gasteiger partial charge in [-0.15, -0.1) is 0 Å². The van der Waals surface area contributed by atoms with E-state index in [-0.39, 0.29) is 6.04 Å². The number of fused-ring (bicyclic) bond motifs is 1. The zero-order valence-corrected chi connectivity index (χ0v) is 12.2. The van der Waals surface area contributed by atoms with E-state index in [0.717, 1.165) is 22.5 Å². The molecule has 0 aliphatic carbocycles. The van der Waals surface area contributed by atoms with Gasteiger partial charge in [0, 0.05) is 23.8 Å². The van der Waals surface area contributed by atoms with Crippen molar-refractivity contribution < 1.29 is 9.15 Å². The number of furan rings is 1. The highest BCUT2D eigenvalue weighted by atomic mass is 16.5. The molecule has 4 nitrogen and oxygen atoms in total.